The molecule has 5 heteroatoms. The van der Waals surface area contributed by atoms with E-state index in [4.69, 9.17) is 9.47 Å². The smallest absolute Gasteiger partial charge is 0.161 e. The molecule has 3 N–H and O–H groups in total. The van der Waals surface area contributed by atoms with E-state index in [9.17, 15) is 5.11 Å². The van der Waals surface area contributed by atoms with E-state index >= 15 is 0 Å². The standard InChI is InChI=1S/C19H31NO3.ClH/c1-14(20-12-11-15-7-5-4-6-8-15)19(21)16-9-10-17(22-2)18(13-16)23-3;/h9-10,13-15,19-21H,4-8,11-12H2,1-3H3;1H. The third-order valence-corrected chi connectivity index (χ3v) is 5.09. The second-order valence-electron chi connectivity index (χ2n) is 6.74. The molecule has 0 spiro atoms. The predicted octanol–water partition coefficient (Wildman–Crippen LogP) is -0.336. The summed E-state index contributed by atoms with van der Waals surface area (Å²) in [7, 11) is 3.24. The van der Waals surface area contributed by atoms with Crippen LogP contribution >= 0.6 is 0 Å². The first kappa shape index (κ1) is 21.1. The molecular weight excluding hydrogens is 326 g/mol. The summed E-state index contributed by atoms with van der Waals surface area (Å²) in [6.07, 6.45) is 7.75. The maximum atomic E-state index is 10.6. The predicted molar refractivity (Wildman–Crippen MR) is 92.0 cm³/mol. The molecule has 0 amide bonds. The van der Waals surface area contributed by atoms with E-state index in [0.717, 1.165) is 18.0 Å². The fourth-order valence-electron chi connectivity index (χ4n) is 3.54. The van der Waals surface area contributed by atoms with Crippen LogP contribution in [0.4, 0.5) is 0 Å². The lowest BCUT2D eigenvalue weighted by Crippen LogP contribution is -3.00. The number of benzene rings is 1. The Hall–Kier alpha value is -0.970. The van der Waals surface area contributed by atoms with Crippen molar-refractivity contribution in [3.8, 4) is 11.5 Å². The van der Waals surface area contributed by atoms with Gasteiger partial charge >= 0.3 is 0 Å². The molecule has 0 aromatic heterocycles. The maximum absolute atomic E-state index is 10.6. The molecule has 138 valence electrons. The molecule has 1 fully saturated rings. The molecule has 0 bridgehead atoms. The molecule has 1 aromatic carbocycles. The summed E-state index contributed by atoms with van der Waals surface area (Å²) in [6.45, 7) is 3.18. The van der Waals surface area contributed by atoms with Gasteiger partial charge < -0.3 is 32.3 Å². The molecule has 2 unspecified atom stereocenters. The van der Waals surface area contributed by atoms with Crippen LogP contribution in [0.2, 0.25) is 0 Å². The van der Waals surface area contributed by atoms with E-state index in [1.54, 1.807) is 14.2 Å². The molecular formula is C19H32ClNO3. The molecule has 0 heterocycles. The Bertz CT molecular complexity index is 478. The van der Waals surface area contributed by atoms with Crippen molar-refractivity contribution < 1.29 is 32.3 Å². The van der Waals surface area contributed by atoms with Crippen LogP contribution in [0.1, 0.15) is 57.1 Å². The minimum atomic E-state index is -0.499. The van der Waals surface area contributed by atoms with Gasteiger partial charge in [0.1, 0.15) is 12.1 Å². The fourth-order valence-corrected chi connectivity index (χ4v) is 3.54. The number of aliphatic hydroxyl groups excluding tert-OH is 1. The second-order valence-corrected chi connectivity index (χ2v) is 6.74. The summed E-state index contributed by atoms with van der Waals surface area (Å²) < 4.78 is 10.6. The van der Waals surface area contributed by atoms with Crippen molar-refractivity contribution in [1.82, 2.24) is 0 Å². The number of ether oxygens (including phenoxy) is 2. The van der Waals surface area contributed by atoms with Gasteiger partial charge in [-0.25, -0.2) is 0 Å². The monoisotopic (exact) mass is 357 g/mol. The molecule has 1 aliphatic rings. The first-order valence-corrected chi connectivity index (χ1v) is 8.89. The number of aliphatic hydroxyl groups is 1. The Morgan fingerprint density at radius 2 is 1.79 bits per heavy atom. The van der Waals surface area contributed by atoms with Crippen molar-refractivity contribution in [2.45, 2.75) is 57.6 Å². The average Bonchev–Trinajstić information content (AvgIpc) is 2.61. The largest absolute Gasteiger partial charge is 1.00 e. The van der Waals surface area contributed by atoms with Gasteiger partial charge in [-0.1, -0.05) is 38.2 Å². The third-order valence-electron chi connectivity index (χ3n) is 5.09. The van der Waals surface area contributed by atoms with E-state index < -0.39 is 6.10 Å². The minimum Gasteiger partial charge on any atom is -1.00 e. The van der Waals surface area contributed by atoms with Gasteiger partial charge in [-0.3, -0.25) is 0 Å². The van der Waals surface area contributed by atoms with E-state index in [1.807, 2.05) is 18.2 Å². The SMILES string of the molecule is COc1ccc(C(O)C(C)[NH2+]CCC2CCCCC2)cc1OC.[Cl-]. The molecule has 1 aromatic rings. The molecule has 1 saturated carbocycles. The first-order valence-electron chi connectivity index (χ1n) is 8.89. The topological polar surface area (TPSA) is 55.3 Å². The van der Waals surface area contributed by atoms with Crippen LogP contribution < -0.4 is 27.2 Å². The van der Waals surface area contributed by atoms with Crippen LogP contribution in [0.15, 0.2) is 18.2 Å². The zero-order valence-corrected chi connectivity index (χ0v) is 15.9. The van der Waals surface area contributed by atoms with Gasteiger partial charge in [0.25, 0.3) is 0 Å². The van der Waals surface area contributed by atoms with Gasteiger partial charge in [0.05, 0.1) is 20.8 Å². The number of hydrogen-bond acceptors (Lipinski definition) is 3. The highest BCUT2D eigenvalue weighted by molar-refractivity contribution is 5.43. The molecule has 0 aliphatic heterocycles. The summed E-state index contributed by atoms with van der Waals surface area (Å²) in [4.78, 5) is 0. The number of nitrogens with two attached hydrogens (primary N) is 1. The molecule has 0 radical (unpaired) electrons. The number of methoxy groups -OCH3 is 2. The molecule has 1 aliphatic carbocycles. The van der Waals surface area contributed by atoms with Crippen molar-refractivity contribution in [3.05, 3.63) is 23.8 Å². The van der Waals surface area contributed by atoms with E-state index in [1.165, 1.54) is 38.5 Å². The summed E-state index contributed by atoms with van der Waals surface area (Å²) in [5, 5.41) is 12.9. The van der Waals surface area contributed by atoms with Crippen LogP contribution in [0.3, 0.4) is 0 Å². The number of halogens is 1. The normalized spacial score (nSPS) is 17.7. The van der Waals surface area contributed by atoms with E-state index in [2.05, 4.69) is 12.2 Å². The Morgan fingerprint density at radius 1 is 1.12 bits per heavy atom. The molecule has 2 atom stereocenters. The maximum Gasteiger partial charge on any atom is 0.161 e. The van der Waals surface area contributed by atoms with Gasteiger partial charge in [0, 0.05) is 0 Å². The lowest BCUT2D eigenvalue weighted by atomic mass is 9.87. The summed E-state index contributed by atoms with van der Waals surface area (Å²) >= 11 is 0. The molecule has 4 nitrogen and oxygen atoms in total. The minimum absolute atomic E-state index is 0. The fraction of sp³-hybridized carbons (Fsp3) is 0.684. The Morgan fingerprint density at radius 3 is 2.42 bits per heavy atom. The zero-order chi connectivity index (χ0) is 16.7. The van der Waals surface area contributed by atoms with Crippen LogP contribution in [0.5, 0.6) is 11.5 Å². The number of quaternary nitrogens is 1. The molecule has 0 saturated heterocycles. The van der Waals surface area contributed by atoms with Gasteiger partial charge in [-0.15, -0.1) is 0 Å². The van der Waals surface area contributed by atoms with Crippen molar-refractivity contribution in [3.63, 3.8) is 0 Å². The zero-order valence-electron chi connectivity index (χ0n) is 15.1. The summed E-state index contributed by atoms with van der Waals surface area (Å²) in [6, 6.07) is 5.77. The van der Waals surface area contributed by atoms with E-state index in [0.29, 0.717) is 11.5 Å². The Balaban J connectivity index is 0.00000288. The average molecular weight is 358 g/mol. The van der Waals surface area contributed by atoms with Gasteiger partial charge in [-0.2, -0.15) is 0 Å². The number of rotatable bonds is 8. The molecule has 24 heavy (non-hydrogen) atoms. The Kier molecular flexibility index (Phi) is 9.49. The highest BCUT2D eigenvalue weighted by Gasteiger charge is 2.21. The van der Waals surface area contributed by atoms with Gasteiger partial charge in [-0.05, 0) is 37.0 Å². The van der Waals surface area contributed by atoms with Crippen LogP contribution in [0.25, 0.3) is 0 Å². The lowest BCUT2D eigenvalue weighted by Gasteiger charge is -2.23. The quantitative estimate of drug-likeness (QED) is 0.669. The Labute approximate surface area is 152 Å². The lowest BCUT2D eigenvalue weighted by molar-refractivity contribution is -0.695. The van der Waals surface area contributed by atoms with Crippen LogP contribution in [0, 0.1) is 5.92 Å². The van der Waals surface area contributed by atoms with Gasteiger partial charge in [0.15, 0.2) is 11.5 Å². The third kappa shape index (κ3) is 5.83. The molecule has 2 rings (SSSR count). The van der Waals surface area contributed by atoms with Crippen LogP contribution in [-0.2, 0) is 0 Å². The first-order chi connectivity index (χ1) is 11.2. The second kappa shape index (κ2) is 10.8. The van der Waals surface area contributed by atoms with Crippen LogP contribution in [-0.4, -0.2) is 31.9 Å². The van der Waals surface area contributed by atoms with Gasteiger partial charge in [0.2, 0.25) is 0 Å². The van der Waals surface area contributed by atoms with Crippen molar-refractivity contribution >= 4 is 0 Å². The summed E-state index contributed by atoms with van der Waals surface area (Å²) in [5.41, 5.74) is 0.879. The van der Waals surface area contributed by atoms with Crippen molar-refractivity contribution in [2.24, 2.45) is 5.92 Å². The highest BCUT2D eigenvalue weighted by atomic mass is 35.5. The number of hydrogen-bond donors (Lipinski definition) is 2. The van der Waals surface area contributed by atoms with Crippen molar-refractivity contribution in [1.29, 1.82) is 0 Å². The highest BCUT2D eigenvalue weighted by Crippen LogP contribution is 2.30. The van der Waals surface area contributed by atoms with E-state index in [-0.39, 0.29) is 18.4 Å². The summed E-state index contributed by atoms with van der Waals surface area (Å²) in [5.74, 6) is 2.25. The van der Waals surface area contributed by atoms with Crippen molar-refractivity contribution in [2.75, 3.05) is 20.8 Å².